The van der Waals surface area contributed by atoms with E-state index in [4.69, 9.17) is 23.8 Å². The highest BCUT2D eigenvalue weighted by molar-refractivity contribution is 8.01. The van der Waals surface area contributed by atoms with Gasteiger partial charge in [0.15, 0.2) is 8.29 Å². The summed E-state index contributed by atoms with van der Waals surface area (Å²) in [4.78, 5) is 23.2. The van der Waals surface area contributed by atoms with Crippen molar-refractivity contribution in [2.75, 3.05) is 16.4 Å². The first-order valence-corrected chi connectivity index (χ1v) is 10.7. The van der Waals surface area contributed by atoms with Crippen LogP contribution in [0.4, 0.5) is 11.4 Å². The Balaban J connectivity index is 1.57. The third-order valence-electron chi connectivity index (χ3n) is 3.42. The number of halogens is 1. The SMILES string of the molecule is CC(=O)Nc1ccc(NC(=O)CSc2nn(-c3ccc(Cl)cc3)c(=S)s2)cc1. The molecular weight excluding hydrogens is 436 g/mol. The highest BCUT2D eigenvalue weighted by atomic mass is 35.5. The number of amides is 2. The summed E-state index contributed by atoms with van der Waals surface area (Å²) in [5.41, 5.74) is 2.15. The first-order valence-electron chi connectivity index (χ1n) is 8.07. The predicted octanol–water partition coefficient (Wildman–Crippen LogP) is 5.01. The van der Waals surface area contributed by atoms with Gasteiger partial charge in [0, 0.05) is 23.3 Å². The van der Waals surface area contributed by atoms with Gasteiger partial charge in [0.05, 0.1) is 11.4 Å². The molecule has 144 valence electrons. The first-order chi connectivity index (χ1) is 13.4. The zero-order chi connectivity index (χ0) is 20.1. The van der Waals surface area contributed by atoms with Crippen LogP contribution in [0.25, 0.3) is 5.69 Å². The van der Waals surface area contributed by atoms with Crippen molar-refractivity contribution in [3.05, 3.63) is 57.5 Å². The lowest BCUT2D eigenvalue weighted by atomic mass is 10.3. The van der Waals surface area contributed by atoms with Crippen LogP contribution in [-0.2, 0) is 9.59 Å². The molecule has 10 heteroatoms. The third-order valence-corrected chi connectivity index (χ3v) is 6.03. The zero-order valence-electron chi connectivity index (χ0n) is 14.6. The second-order valence-corrected chi connectivity index (χ2v) is 8.90. The predicted molar refractivity (Wildman–Crippen MR) is 117 cm³/mol. The number of carbonyl (C=O) groups is 2. The molecule has 0 saturated heterocycles. The van der Waals surface area contributed by atoms with Gasteiger partial charge < -0.3 is 10.6 Å². The highest BCUT2D eigenvalue weighted by Gasteiger charge is 2.10. The number of benzene rings is 2. The maximum Gasteiger partial charge on any atom is 0.234 e. The maximum atomic E-state index is 12.2. The van der Waals surface area contributed by atoms with E-state index in [0.717, 1.165) is 5.69 Å². The number of nitrogens with zero attached hydrogens (tertiary/aromatic N) is 2. The summed E-state index contributed by atoms with van der Waals surface area (Å²) >= 11 is 13.9. The fourth-order valence-electron chi connectivity index (χ4n) is 2.23. The molecule has 6 nitrogen and oxygen atoms in total. The second kappa shape index (κ2) is 9.33. The molecule has 0 radical (unpaired) electrons. The molecular formula is C18H15ClN4O2S3. The molecule has 0 fully saturated rings. The molecule has 1 aromatic heterocycles. The molecule has 3 aromatic rings. The van der Waals surface area contributed by atoms with Crippen LogP contribution in [0, 0.1) is 3.95 Å². The molecule has 0 spiro atoms. The summed E-state index contributed by atoms with van der Waals surface area (Å²) in [7, 11) is 0. The van der Waals surface area contributed by atoms with Gasteiger partial charge in [0.25, 0.3) is 0 Å². The van der Waals surface area contributed by atoms with E-state index in [0.29, 0.717) is 24.7 Å². The number of thioether (sulfide) groups is 1. The Bertz CT molecular complexity index is 1050. The summed E-state index contributed by atoms with van der Waals surface area (Å²) in [5.74, 6) is -0.0962. The number of aromatic nitrogens is 2. The largest absolute Gasteiger partial charge is 0.326 e. The van der Waals surface area contributed by atoms with Gasteiger partial charge in [-0.2, -0.15) is 0 Å². The maximum absolute atomic E-state index is 12.2. The molecule has 0 bridgehead atoms. The third kappa shape index (κ3) is 5.65. The monoisotopic (exact) mass is 450 g/mol. The fraction of sp³-hybridized carbons (Fsp3) is 0.111. The molecule has 3 rings (SSSR count). The van der Waals surface area contributed by atoms with Crippen molar-refractivity contribution < 1.29 is 9.59 Å². The Morgan fingerprint density at radius 3 is 2.32 bits per heavy atom. The number of rotatable bonds is 6. The quantitative estimate of drug-likeness (QED) is 0.408. The molecule has 2 amide bonds. The first kappa shape index (κ1) is 20.5. The van der Waals surface area contributed by atoms with Crippen LogP contribution in [0.3, 0.4) is 0 Å². The molecule has 0 aliphatic heterocycles. The van der Waals surface area contributed by atoms with Gasteiger partial charge in [0.2, 0.25) is 11.8 Å². The summed E-state index contributed by atoms with van der Waals surface area (Å²) in [6, 6.07) is 14.1. The molecule has 0 unspecified atom stereocenters. The minimum absolute atomic E-state index is 0.145. The molecule has 1 heterocycles. The molecule has 2 aromatic carbocycles. The summed E-state index contributed by atoms with van der Waals surface area (Å²) < 4.78 is 2.95. The second-order valence-electron chi connectivity index (χ2n) is 5.62. The van der Waals surface area contributed by atoms with Gasteiger partial charge in [-0.15, -0.1) is 5.10 Å². The van der Waals surface area contributed by atoms with Crippen molar-refractivity contribution in [3.8, 4) is 5.69 Å². The topological polar surface area (TPSA) is 76.0 Å². The van der Waals surface area contributed by atoms with Crippen LogP contribution in [0.2, 0.25) is 5.02 Å². The van der Waals surface area contributed by atoms with E-state index in [1.54, 1.807) is 41.1 Å². The Morgan fingerprint density at radius 2 is 1.71 bits per heavy atom. The number of anilines is 2. The Hall–Kier alpha value is -2.20. The minimum atomic E-state index is -0.156. The number of hydrogen-bond donors (Lipinski definition) is 2. The Morgan fingerprint density at radius 1 is 1.11 bits per heavy atom. The van der Waals surface area contributed by atoms with E-state index in [1.165, 1.54) is 30.0 Å². The average Bonchev–Trinajstić information content (AvgIpc) is 3.03. The van der Waals surface area contributed by atoms with Gasteiger partial charge in [0.1, 0.15) is 0 Å². The number of nitrogens with one attached hydrogen (secondary N) is 2. The average molecular weight is 451 g/mol. The van der Waals surface area contributed by atoms with Crippen molar-refractivity contribution in [1.82, 2.24) is 9.78 Å². The van der Waals surface area contributed by atoms with Crippen molar-refractivity contribution in [2.45, 2.75) is 11.3 Å². The number of hydrogen-bond acceptors (Lipinski definition) is 6. The number of carbonyl (C=O) groups excluding carboxylic acids is 2. The minimum Gasteiger partial charge on any atom is -0.326 e. The molecule has 28 heavy (non-hydrogen) atoms. The van der Waals surface area contributed by atoms with E-state index >= 15 is 0 Å². The van der Waals surface area contributed by atoms with Gasteiger partial charge >= 0.3 is 0 Å². The molecule has 0 saturated carbocycles. The summed E-state index contributed by atoms with van der Waals surface area (Å²) in [6.45, 7) is 1.44. The van der Waals surface area contributed by atoms with Crippen LogP contribution < -0.4 is 10.6 Å². The fourth-order valence-corrected chi connectivity index (χ4v) is 4.52. The molecule has 0 atom stereocenters. The van der Waals surface area contributed by atoms with Crippen LogP contribution in [-0.4, -0.2) is 27.3 Å². The smallest absolute Gasteiger partial charge is 0.234 e. The van der Waals surface area contributed by atoms with Gasteiger partial charge in [-0.25, -0.2) is 4.68 Å². The Labute approximate surface area is 179 Å². The molecule has 0 aliphatic carbocycles. The Kier molecular flexibility index (Phi) is 6.84. The van der Waals surface area contributed by atoms with Gasteiger partial charge in [-0.05, 0) is 60.7 Å². The van der Waals surface area contributed by atoms with Gasteiger partial charge in [-0.3, -0.25) is 9.59 Å². The molecule has 2 N–H and O–H groups in total. The van der Waals surface area contributed by atoms with E-state index in [1.807, 2.05) is 12.1 Å². The van der Waals surface area contributed by atoms with E-state index < -0.39 is 0 Å². The summed E-state index contributed by atoms with van der Waals surface area (Å²) in [5, 5.41) is 10.6. The summed E-state index contributed by atoms with van der Waals surface area (Å²) in [6.07, 6.45) is 0. The standard InChI is InChI=1S/C18H15ClN4O2S3/c1-11(24)20-13-4-6-14(7-5-13)21-16(25)10-27-17-22-23(18(26)28-17)15-8-2-12(19)3-9-15/h2-9H,10H2,1H3,(H,20,24)(H,21,25). The van der Waals surface area contributed by atoms with E-state index in [9.17, 15) is 9.59 Å². The lowest BCUT2D eigenvalue weighted by Gasteiger charge is -2.06. The van der Waals surface area contributed by atoms with Crippen LogP contribution in [0.1, 0.15) is 6.92 Å². The lowest BCUT2D eigenvalue weighted by molar-refractivity contribution is -0.114. The zero-order valence-corrected chi connectivity index (χ0v) is 17.8. The van der Waals surface area contributed by atoms with Crippen LogP contribution >= 0.6 is 46.9 Å². The van der Waals surface area contributed by atoms with Crippen molar-refractivity contribution in [1.29, 1.82) is 0 Å². The van der Waals surface area contributed by atoms with Crippen LogP contribution in [0.5, 0.6) is 0 Å². The van der Waals surface area contributed by atoms with Crippen molar-refractivity contribution in [2.24, 2.45) is 0 Å². The highest BCUT2D eigenvalue weighted by Crippen LogP contribution is 2.25. The van der Waals surface area contributed by atoms with Crippen molar-refractivity contribution in [3.63, 3.8) is 0 Å². The van der Waals surface area contributed by atoms with E-state index in [2.05, 4.69) is 15.7 Å². The van der Waals surface area contributed by atoms with Crippen LogP contribution in [0.15, 0.2) is 52.9 Å². The van der Waals surface area contributed by atoms with Gasteiger partial charge in [-0.1, -0.05) is 34.7 Å². The normalized spacial score (nSPS) is 10.5. The van der Waals surface area contributed by atoms with E-state index in [-0.39, 0.29) is 17.6 Å². The van der Waals surface area contributed by atoms with Crippen molar-refractivity contribution >= 4 is 70.1 Å². The lowest BCUT2D eigenvalue weighted by Crippen LogP contribution is -2.14. The molecule has 0 aliphatic rings.